The summed E-state index contributed by atoms with van der Waals surface area (Å²) in [5.41, 5.74) is 5.05. The number of nitrogens with zero attached hydrogens (tertiary/aromatic N) is 2. The Morgan fingerprint density at radius 2 is 1.89 bits per heavy atom. The van der Waals surface area contributed by atoms with E-state index in [4.69, 9.17) is 5.73 Å². The minimum Gasteiger partial charge on any atom is -0.545 e. The molecule has 0 unspecified atom stereocenters. The van der Waals surface area contributed by atoms with Crippen molar-refractivity contribution in [2.24, 2.45) is 0 Å². The van der Waals surface area contributed by atoms with E-state index in [2.05, 4.69) is 20.3 Å². The van der Waals surface area contributed by atoms with Crippen molar-refractivity contribution in [3.05, 3.63) is 35.4 Å². The molecule has 8 nitrogen and oxygen atoms in total. The molecule has 0 aliphatic rings. The molecule has 1 heterocycles. The van der Waals surface area contributed by atoms with Gasteiger partial charge in [0.05, 0.1) is 5.97 Å². The van der Waals surface area contributed by atoms with Crippen LogP contribution >= 0.6 is 0 Å². The van der Waals surface area contributed by atoms with E-state index in [1.165, 1.54) is 24.3 Å². The number of benzene rings is 1. The summed E-state index contributed by atoms with van der Waals surface area (Å²) in [5.74, 6) is -2.33. The van der Waals surface area contributed by atoms with Crippen LogP contribution in [0.3, 0.4) is 0 Å². The Bertz CT molecular complexity index is 607. The average molecular weight is 247 g/mol. The Labute approximate surface area is 100 Å². The van der Waals surface area contributed by atoms with Gasteiger partial charge in [-0.05, 0) is 16.4 Å². The summed E-state index contributed by atoms with van der Waals surface area (Å²) in [6, 6.07) is 5.60. The van der Waals surface area contributed by atoms with Crippen LogP contribution in [0.2, 0.25) is 0 Å². The molecular formula is C10H7N4O4-. The maximum Gasteiger partial charge on any atom is 0.257 e. The third-order valence-electron chi connectivity index (χ3n) is 2.14. The van der Waals surface area contributed by atoms with Crippen molar-refractivity contribution in [2.45, 2.75) is 0 Å². The number of amides is 1. The Kier molecular flexibility index (Phi) is 2.92. The summed E-state index contributed by atoms with van der Waals surface area (Å²) in [4.78, 5) is 22.7. The maximum absolute atomic E-state index is 11.8. The molecule has 8 heteroatoms. The number of aromatic nitrogens is 2. The molecule has 2 aromatic rings. The summed E-state index contributed by atoms with van der Waals surface area (Å²) >= 11 is 0. The van der Waals surface area contributed by atoms with Crippen LogP contribution < -0.4 is 16.2 Å². The van der Waals surface area contributed by atoms with Gasteiger partial charge in [0.1, 0.15) is 0 Å². The molecule has 0 saturated carbocycles. The molecule has 18 heavy (non-hydrogen) atoms. The highest BCUT2D eigenvalue weighted by Gasteiger charge is 2.15. The lowest BCUT2D eigenvalue weighted by molar-refractivity contribution is -0.255. The number of carbonyl (C=O) groups excluding carboxylic acids is 2. The normalized spacial score (nSPS) is 10.0. The molecular weight excluding hydrogens is 240 g/mol. The number of aromatic carboxylic acids is 1. The van der Waals surface area contributed by atoms with Gasteiger partial charge in [0, 0.05) is 11.1 Å². The van der Waals surface area contributed by atoms with Gasteiger partial charge in [-0.1, -0.05) is 18.2 Å². The fraction of sp³-hybridized carbons (Fsp3) is 0. The van der Waals surface area contributed by atoms with Crippen molar-refractivity contribution in [1.29, 1.82) is 0 Å². The number of nitrogens with one attached hydrogen (secondary N) is 1. The average Bonchev–Trinajstić information content (AvgIpc) is 2.75. The van der Waals surface area contributed by atoms with Crippen LogP contribution in [0.1, 0.15) is 20.7 Å². The monoisotopic (exact) mass is 247 g/mol. The fourth-order valence-corrected chi connectivity index (χ4v) is 1.32. The van der Waals surface area contributed by atoms with Crippen molar-refractivity contribution in [2.75, 3.05) is 11.1 Å². The molecule has 3 N–H and O–H groups in total. The summed E-state index contributed by atoms with van der Waals surface area (Å²) in [5, 5.41) is 19.7. The summed E-state index contributed by atoms with van der Waals surface area (Å²) in [6.45, 7) is 0. The number of hydrogen-bond acceptors (Lipinski definition) is 7. The number of nitrogens with two attached hydrogens (primary N) is 1. The van der Waals surface area contributed by atoms with Gasteiger partial charge in [0.2, 0.25) is 11.6 Å². The third-order valence-corrected chi connectivity index (χ3v) is 2.14. The van der Waals surface area contributed by atoms with E-state index in [-0.39, 0.29) is 22.8 Å². The molecule has 1 aromatic carbocycles. The standard InChI is InChI=1S/C10H8N4O4/c11-7-8(14-18-13-7)12-9(15)5-3-1-2-4-6(5)10(16)17/h1-4H,(H2,11,13)(H,16,17)(H,12,14,15)/p-1. The molecule has 2 rings (SSSR count). The summed E-state index contributed by atoms with van der Waals surface area (Å²) in [6.07, 6.45) is 0. The Morgan fingerprint density at radius 1 is 1.22 bits per heavy atom. The van der Waals surface area contributed by atoms with Gasteiger partial charge in [-0.3, -0.25) is 4.79 Å². The van der Waals surface area contributed by atoms with Gasteiger partial charge in [-0.25, -0.2) is 4.63 Å². The van der Waals surface area contributed by atoms with Crippen molar-refractivity contribution < 1.29 is 19.3 Å². The molecule has 0 saturated heterocycles. The first-order valence-electron chi connectivity index (χ1n) is 4.79. The lowest BCUT2D eigenvalue weighted by Gasteiger charge is -2.08. The van der Waals surface area contributed by atoms with E-state index in [0.717, 1.165) is 0 Å². The number of carboxylic acid groups (broad SMARTS) is 1. The topological polar surface area (TPSA) is 134 Å². The minimum atomic E-state index is -1.45. The molecule has 0 fully saturated rings. The quantitative estimate of drug-likeness (QED) is 0.729. The van der Waals surface area contributed by atoms with Crippen LogP contribution in [-0.4, -0.2) is 22.2 Å². The molecule has 0 radical (unpaired) electrons. The van der Waals surface area contributed by atoms with E-state index in [9.17, 15) is 14.7 Å². The van der Waals surface area contributed by atoms with Crippen molar-refractivity contribution in [1.82, 2.24) is 10.3 Å². The Hall–Kier alpha value is -2.90. The fourth-order valence-electron chi connectivity index (χ4n) is 1.32. The summed E-state index contributed by atoms with van der Waals surface area (Å²) in [7, 11) is 0. The van der Waals surface area contributed by atoms with Crippen molar-refractivity contribution >= 4 is 23.5 Å². The highest BCUT2D eigenvalue weighted by molar-refractivity contribution is 6.10. The summed E-state index contributed by atoms with van der Waals surface area (Å²) < 4.78 is 4.29. The van der Waals surface area contributed by atoms with Crippen LogP contribution in [0, 0.1) is 0 Å². The predicted octanol–water partition coefficient (Wildman–Crippen LogP) is -0.732. The van der Waals surface area contributed by atoms with E-state index in [1.807, 2.05) is 0 Å². The van der Waals surface area contributed by atoms with Crippen LogP contribution in [0.5, 0.6) is 0 Å². The molecule has 0 aliphatic heterocycles. The smallest absolute Gasteiger partial charge is 0.257 e. The van der Waals surface area contributed by atoms with Crippen molar-refractivity contribution in [3.63, 3.8) is 0 Å². The highest BCUT2D eigenvalue weighted by atomic mass is 16.6. The molecule has 92 valence electrons. The Morgan fingerprint density at radius 3 is 2.44 bits per heavy atom. The number of rotatable bonds is 3. The lowest BCUT2D eigenvalue weighted by atomic mass is 10.1. The predicted molar refractivity (Wildman–Crippen MR) is 57.4 cm³/mol. The van der Waals surface area contributed by atoms with E-state index >= 15 is 0 Å². The van der Waals surface area contributed by atoms with Crippen LogP contribution in [0.4, 0.5) is 11.6 Å². The number of carboxylic acids is 1. The number of hydrogen-bond donors (Lipinski definition) is 2. The molecule has 0 spiro atoms. The number of anilines is 2. The minimum absolute atomic E-state index is 0.0695. The zero-order valence-corrected chi connectivity index (χ0v) is 8.91. The molecule has 0 aliphatic carbocycles. The van der Waals surface area contributed by atoms with E-state index < -0.39 is 11.9 Å². The zero-order valence-electron chi connectivity index (χ0n) is 8.91. The second-order valence-electron chi connectivity index (χ2n) is 3.29. The van der Waals surface area contributed by atoms with E-state index in [1.54, 1.807) is 0 Å². The van der Waals surface area contributed by atoms with E-state index in [0.29, 0.717) is 0 Å². The number of nitrogen functional groups attached to an aromatic ring is 1. The van der Waals surface area contributed by atoms with Gasteiger partial charge in [-0.15, -0.1) is 0 Å². The highest BCUT2D eigenvalue weighted by Crippen LogP contribution is 2.14. The van der Waals surface area contributed by atoms with Gasteiger partial charge in [0.15, 0.2) is 0 Å². The lowest BCUT2D eigenvalue weighted by Crippen LogP contribution is -2.26. The van der Waals surface area contributed by atoms with Crippen molar-refractivity contribution in [3.8, 4) is 0 Å². The van der Waals surface area contributed by atoms with Gasteiger partial charge >= 0.3 is 0 Å². The van der Waals surface area contributed by atoms with Crippen LogP contribution in [0.15, 0.2) is 28.9 Å². The van der Waals surface area contributed by atoms with Crippen LogP contribution in [-0.2, 0) is 0 Å². The van der Waals surface area contributed by atoms with Gasteiger partial charge < -0.3 is 21.0 Å². The SMILES string of the molecule is Nc1nonc1NC(=O)c1ccccc1C(=O)[O-]. The van der Waals surface area contributed by atoms with Gasteiger partial charge in [0.25, 0.3) is 5.91 Å². The first-order chi connectivity index (χ1) is 8.59. The first-order valence-corrected chi connectivity index (χ1v) is 4.79. The Balaban J connectivity index is 2.30. The molecule has 1 aromatic heterocycles. The maximum atomic E-state index is 11.8. The second kappa shape index (κ2) is 4.53. The molecule has 1 amide bonds. The molecule has 0 atom stereocenters. The third kappa shape index (κ3) is 2.12. The largest absolute Gasteiger partial charge is 0.545 e. The van der Waals surface area contributed by atoms with Gasteiger partial charge in [-0.2, -0.15) is 0 Å². The number of carbonyl (C=O) groups is 2. The first kappa shape index (κ1) is 11.6. The van der Waals surface area contributed by atoms with Crippen LogP contribution in [0.25, 0.3) is 0 Å². The zero-order chi connectivity index (χ0) is 13.1. The second-order valence-corrected chi connectivity index (χ2v) is 3.29. The molecule has 0 bridgehead atoms.